The largest absolute Gasteiger partial charge is 0.480 e. The number of urea groups is 1. The van der Waals surface area contributed by atoms with Crippen LogP contribution in [0.1, 0.15) is 21.5 Å². The highest BCUT2D eigenvalue weighted by Gasteiger charge is 2.21. The number of para-hydroxylation sites is 1. The Hall–Kier alpha value is -6.21. The number of carboxylic acid groups (broad SMARTS) is 1. The van der Waals surface area contributed by atoms with Crippen LogP contribution in [-0.2, 0) is 11.2 Å². The van der Waals surface area contributed by atoms with Gasteiger partial charge in [0.05, 0.1) is 0 Å². The summed E-state index contributed by atoms with van der Waals surface area (Å²) in [5, 5.41) is 18.3. The van der Waals surface area contributed by atoms with E-state index in [1.165, 1.54) is 0 Å². The van der Waals surface area contributed by atoms with Crippen molar-refractivity contribution in [2.24, 2.45) is 0 Å². The zero-order valence-electron chi connectivity index (χ0n) is 25.8. The monoisotopic (exact) mass is 619 g/mol. The van der Waals surface area contributed by atoms with Crippen molar-refractivity contribution in [3.8, 4) is 11.1 Å². The van der Waals surface area contributed by atoms with Gasteiger partial charge in [-0.2, -0.15) is 0 Å². The van der Waals surface area contributed by atoms with Crippen molar-refractivity contribution in [1.29, 1.82) is 0 Å². The van der Waals surface area contributed by atoms with Crippen LogP contribution in [0.25, 0.3) is 21.9 Å². The Morgan fingerprint density at radius 2 is 1.38 bits per heavy atom. The summed E-state index contributed by atoms with van der Waals surface area (Å²) in [6.07, 6.45) is 0.210. The lowest BCUT2D eigenvalue weighted by Crippen LogP contribution is -2.32. The van der Waals surface area contributed by atoms with Crippen LogP contribution in [0.2, 0.25) is 0 Å². The van der Waals surface area contributed by atoms with E-state index in [0.717, 1.165) is 33.2 Å². The molecule has 0 radical (unpaired) electrons. The number of ketones is 1. The first kappa shape index (κ1) is 30.8. The minimum atomic E-state index is -1.02. The molecule has 47 heavy (non-hydrogen) atoms. The molecule has 0 aliphatic carbocycles. The van der Waals surface area contributed by atoms with E-state index in [1.807, 2.05) is 97.1 Å². The number of aliphatic carboxylic acids is 1. The summed E-state index contributed by atoms with van der Waals surface area (Å²) in [7, 11) is 1.73. The van der Waals surface area contributed by atoms with E-state index < -0.39 is 12.0 Å². The summed E-state index contributed by atoms with van der Waals surface area (Å²) < 4.78 is 0. The number of carbonyl (C=O) groups excluding carboxylic acids is 2. The van der Waals surface area contributed by atoms with Gasteiger partial charge in [-0.3, -0.25) is 9.69 Å². The van der Waals surface area contributed by atoms with Crippen molar-refractivity contribution in [3.05, 3.63) is 162 Å². The second-order valence-corrected chi connectivity index (χ2v) is 11.3. The number of nitrogens with one attached hydrogen (secondary N) is 2. The van der Waals surface area contributed by atoms with Crippen LogP contribution in [0.5, 0.6) is 0 Å². The zero-order chi connectivity index (χ0) is 32.8. The Labute approximate surface area is 273 Å². The fourth-order valence-electron chi connectivity index (χ4n) is 5.49. The minimum absolute atomic E-state index is 0.179. The van der Waals surface area contributed by atoms with Gasteiger partial charge in [0.1, 0.15) is 6.04 Å². The van der Waals surface area contributed by atoms with E-state index >= 15 is 0 Å². The van der Waals surface area contributed by atoms with E-state index in [2.05, 4.69) is 10.6 Å². The molecule has 6 rings (SSSR count). The van der Waals surface area contributed by atoms with Gasteiger partial charge >= 0.3 is 12.0 Å². The molecule has 0 spiro atoms. The molecular weight excluding hydrogens is 586 g/mol. The van der Waals surface area contributed by atoms with E-state index in [0.29, 0.717) is 22.5 Å². The lowest BCUT2D eigenvalue weighted by atomic mass is 9.98. The molecule has 0 bridgehead atoms. The van der Waals surface area contributed by atoms with Crippen LogP contribution in [0, 0.1) is 0 Å². The number of nitrogens with zero attached hydrogens (tertiary/aromatic N) is 1. The molecule has 3 N–H and O–H groups in total. The normalized spacial score (nSPS) is 11.4. The Morgan fingerprint density at radius 3 is 2.15 bits per heavy atom. The highest BCUT2D eigenvalue weighted by atomic mass is 16.4. The van der Waals surface area contributed by atoms with Gasteiger partial charge in [0.2, 0.25) is 0 Å². The van der Waals surface area contributed by atoms with Gasteiger partial charge < -0.3 is 15.7 Å². The Balaban J connectivity index is 1.14. The summed E-state index contributed by atoms with van der Waals surface area (Å²) >= 11 is 0. The van der Waals surface area contributed by atoms with E-state index in [9.17, 15) is 19.5 Å². The number of carboxylic acids is 1. The fraction of sp³-hybridized carbons (Fsp3) is 0.0750. The molecule has 6 aromatic carbocycles. The number of benzene rings is 6. The minimum Gasteiger partial charge on any atom is -0.480 e. The first-order chi connectivity index (χ1) is 22.9. The van der Waals surface area contributed by atoms with Crippen LogP contribution < -0.4 is 15.5 Å². The summed E-state index contributed by atoms with van der Waals surface area (Å²) in [6, 6.07) is 43.8. The number of fused-ring (bicyclic) bond motifs is 1. The molecule has 0 saturated heterocycles. The van der Waals surface area contributed by atoms with Crippen molar-refractivity contribution >= 4 is 45.6 Å². The molecule has 2 amide bonds. The van der Waals surface area contributed by atoms with Crippen molar-refractivity contribution in [1.82, 2.24) is 0 Å². The van der Waals surface area contributed by atoms with Crippen LogP contribution in [0.4, 0.5) is 21.9 Å². The predicted octanol–water partition coefficient (Wildman–Crippen LogP) is 8.51. The lowest BCUT2D eigenvalue weighted by molar-refractivity contribution is -0.137. The van der Waals surface area contributed by atoms with Gasteiger partial charge in [0.15, 0.2) is 5.78 Å². The molecule has 0 aromatic heterocycles. The molecule has 1 atom stereocenters. The first-order valence-corrected chi connectivity index (χ1v) is 15.3. The van der Waals surface area contributed by atoms with Gasteiger partial charge in [-0.05, 0) is 63.9 Å². The topological polar surface area (TPSA) is 98.7 Å². The smallest absolute Gasteiger partial charge is 0.326 e. The third-order valence-corrected chi connectivity index (χ3v) is 8.10. The summed E-state index contributed by atoms with van der Waals surface area (Å²) in [4.78, 5) is 40.1. The molecule has 7 heteroatoms. The summed E-state index contributed by atoms with van der Waals surface area (Å²) in [6.45, 7) is 0. The quantitative estimate of drug-likeness (QED) is 0.134. The third-order valence-electron chi connectivity index (χ3n) is 8.10. The second-order valence-electron chi connectivity index (χ2n) is 11.3. The highest BCUT2D eigenvalue weighted by Crippen LogP contribution is 2.27. The van der Waals surface area contributed by atoms with Crippen LogP contribution in [-0.4, -0.2) is 36.0 Å². The molecule has 7 nitrogen and oxygen atoms in total. The van der Waals surface area contributed by atoms with Gasteiger partial charge in [-0.15, -0.1) is 0 Å². The van der Waals surface area contributed by atoms with Gasteiger partial charge in [0.25, 0.3) is 0 Å². The van der Waals surface area contributed by atoms with Gasteiger partial charge in [-0.1, -0.05) is 109 Å². The standard InChI is InChI=1S/C40H33N3O4/c1-43(40(47)41-33-23-22-28-10-5-6-13-31(28)25-33)34-15-9-14-32(26-34)29-20-18-27(19-21-29)24-37(39(45)46)42-36-17-8-7-16-35(36)38(44)30-11-3-2-4-12-30/h2-23,25-26,37,42H,24H2,1H3,(H,41,47)(H,45,46)/t37-/m0/s1. The Kier molecular flexibility index (Phi) is 9.06. The number of rotatable bonds is 10. The Bertz CT molecular complexity index is 2060. The average Bonchev–Trinajstić information content (AvgIpc) is 3.11. The second kappa shape index (κ2) is 13.8. The Morgan fingerprint density at radius 1 is 0.681 bits per heavy atom. The molecule has 0 heterocycles. The maximum absolute atomic E-state index is 13.2. The lowest BCUT2D eigenvalue weighted by Gasteiger charge is -2.19. The molecule has 6 aromatic rings. The van der Waals surface area contributed by atoms with Crippen LogP contribution in [0.15, 0.2) is 146 Å². The molecule has 0 saturated carbocycles. The number of amides is 2. The van der Waals surface area contributed by atoms with Crippen molar-refractivity contribution in [2.45, 2.75) is 12.5 Å². The van der Waals surface area contributed by atoms with Gasteiger partial charge in [-0.25, -0.2) is 9.59 Å². The zero-order valence-corrected chi connectivity index (χ0v) is 25.8. The third kappa shape index (κ3) is 7.21. The molecular formula is C40H33N3O4. The molecule has 0 fully saturated rings. The van der Waals surface area contributed by atoms with Gasteiger partial charge in [0, 0.05) is 41.7 Å². The maximum atomic E-state index is 13.2. The van der Waals surface area contributed by atoms with E-state index in [4.69, 9.17) is 0 Å². The average molecular weight is 620 g/mol. The first-order valence-electron chi connectivity index (χ1n) is 15.3. The van der Waals surface area contributed by atoms with Crippen molar-refractivity contribution in [2.75, 3.05) is 22.6 Å². The maximum Gasteiger partial charge on any atom is 0.326 e. The summed E-state index contributed by atoms with van der Waals surface area (Å²) in [5.41, 5.74) is 5.52. The van der Waals surface area contributed by atoms with Crippen LogP contribution in [0.3, 0.4) is 0 Å². The summed E-state index contributed by atoms with van der Waals surface area (Å²) in [5.74, 6) is -1.20. The van der Waals surface area contributed by atoms with Crippen LogP contribution >= 0.6 is 0 Å². The number of hydrogen-bond acceptors (Lipinski definition) is 4. The molecule has 0 unspecified atom stereocenters. The number of anilines is 3. The predicted molar refractivity (Wildman–Crippen MR) is 188 cm³/mol. The fourth-order valence-corrected chi connectivity index (χ4v) is 5.49. The van der Waals surface area contributed by atoms with E-state index in [1.54, 1.807) is 60.5 Å². The highest BCUT2D eigenvalue weighted by molar-refractivity contribution is 6.12. The molecule has 232 valence electrons. The van der Waals surface area contributed by atoms with Crippen molar-refractivity contribution in [3.63, 3.8) is 0 Å². The number of carbonyl (C=O) groups is 3. The van der Waals surface area contributed by atoms with Crippen molar-refractivity contribution < 1.29 is 19.5 Å². The number of hydrogen-bond donors (Lipinski definition) is 3. The molecule has 0 aliphatic heterocycles. The molecule has 0 aliphatic rings. The van der Waals surface area contributed by atoms with E-state index in [-0.39, 0.29) is 18.2 Å². The SMILES string of the molecule is CN(C(=O)Nc1ccc2ccccc2c1)c1cccc(-c2ccc(C[C@H](Nc3ccccc3C(=O)c3ccccc3)C(=O)O)cc2)c1.